The Morgan fingerprint density at radius 3 is 2.40 bits per heavy atom. The fraction of sp³-hybridized carbons (Fsp3) is 0.318. The molecule has 0 saturated heterocycles. The molecule has 0 saturated carbocycles. The van der Waals surface area contributed by atoms with Gasteiger partial charge in [-0.15, -0.1) is 0 Å². The van der Waals surface area contributed by atoms with Gasteiger partial charge in [0.15, 0.2) is 0 Å². The normalized spacial score (nSPS) is 11.6. The van der Waals surface area contributed by atoms with Crippen molar-refractivity contribution in [3.05, 3.63) is 69.7 Å². The van der Waals surface area contributed by atoms with Crippen LogP contribution in [0.15, 0.2) is 47.3 Å². The molecule has 0 bridgehead atoms. The molecule has 2 N–H and O–H groups in total. The minimum absolute atomic E-state index is 0.0668. The molecule has 8 heteroatoms. The first-order valence-electron chi connectivity index (χ1n) is 9.23. The van der Waals surface area contributed by atoms with E-state index in [1.807, 2.05) is 6.92 Å². The Balaban J connectivity index is 2.55. The minimum Gasteiger partial charge on any atom is -0.507 e. The Morgan fingerprint density at radius 2 is 1.87 bits per heavy atom. The SMILES string of the molecule is C=C(C)COc1ccc([C@@H](CC(=O)OC)c2c(O)cc(C)n(CC(=O)O)c2=O)cc1. The van der Waals surface area contributed by atoms with E-state index in [4.69, 9.17) is 14.6 Å². The number of esters is 1. The van der Waals surface area contributed by atoms with E-state index < -0.39 is 30.0 Å². The summed E-state index contributed by atoms with van der Waals surface area (Å²) in [7, 11) is 1.23. The minimum atomic E-state index is -1.19. The number of aliphatic carboxylic acids is 1. The number of carboxylic acid groups (broad SMARTS) is 1. The van der Waals surface area contributed by atoms with Gasteiger partial charge < -0.3 is 24.3 Å². The van der Waals surface area contributed by atoms with Crippen LogP contribution in [0.3, 0.4) is 0 Å². The average molecular weight is 415 g/mol. The molecule has 8 nitrogen and oxygen atoms in total. The molecule has 0 aliphatic carbocycles. The van der Waals surface area contributed by atoms with Crippen LogP contribution in [0.4, 0.5) is 0 Å². The summed E-state index contributed by atoms with van der Waals surface area (Å²) in [5.41, 5.74) is 0.977. The third-order valence-corrected chi connectivity index (χ3v) is 4.53. The van der Waals surface area contributed by atoms with Crippen LogP contribution >= 0.6 is 0 Å². The maximum absolute atomic E-state index is 13.0. The molecule has 1 aromatic heterocycles. The van der Waals surface area contributed by atoms with Crippen LogP contribution in [0, 0.1) is 6.92 Å². The predicted octanol–water partition coefficient (Wildman–Crippen LogP) is 2.60. The van der Waals surface area contributed by atoms with E-state index in [1.54, 1.807) is 24.3 Å². The van der Waals surface area contributed by atoms with E-state index in [2.05, 4.69) is 6.58 Å². The summed E-state index contributed by atoms with van der Waals surface area (Å²) >= 11 is 0. The summed E-state index contributed by atoms with van der Waals surface area (Å²) in [6.07, 6.45) is -0.207. The van der Waals surface area contributed by atoms with Crippen LogP contribution in [0.1, 0.15) is 36.1 Å². The van der Waals surface area contributed by atoms with Gasteiger partial charge in [-0.3, -0.25) is 14.4 Å². The molecule has 160 valence electrons. The molecule has 0 radical (unpaired) electrons. The molecule has 0 fully saturated rings. The van der Waals surface area contributed by atoms with Crippen LogP contribution in [0.5, 0.6) is 11.5 Å². The second-order valence-corrected chi connectivity index (χ2v) is 7.02. The quantitative estimate of drug-likeness (QED) is 0.478. The third-order valence-electron chi connectivity index (χ3n) is 4.53. The van der Waals surface area contributed by atoms with Gasteiger partial charge in [0.1, 0.15) is 24.7 Å². The molecule has 0 aliphatic rings. The van der Waals surface area contributed by atoms with E-state index in [-0.39, 0.29) is 17.7 Å². The summed E-state index contributed by atoms with van der Waals surface area (Å²) in [4.78, 5) is 36.2. The lowest BCUT2D eigenvalue weighted by molar-refractivity contribution is -0.141. The number of hydrogen-bond donors (Lipinski definition) is 2. The van der Waals surface area contributed by atoms with Gasteiger partial charge in [-0.1, -0.05) is 18.7 Å². The number of carbonyl (C=O) groups excluding carboxylic acids is 1. The highest BCUT2D eigenvalue weighted by molar-refractivity contribution is 5.71. The van der Waals surface area contributed by atoms with Gasteiger partial charge in [-0.05, 0) is 43.2 Å². The molecule has 0 unspecified atom stereocenters. The standard InChI is InChI=1S/C22H25NO7/c1-13(2)12-30-16-7-5-15(6-8-16)17(10-20(27)29-4)21-18(24)9-14(3)23(22(21)28)11-19(25)26/h5-9,17,24H,1,10-12H2,2-4H3,(H,25,26)/t17-/m1/s1. The van der Waals surface area contributed by atoms with Gasteiger partial charge in [0, 0.05) is 11.6 Å². The Kier molecular flexibility index (Phi) is 7.41. The molecular weight excluding hydrogens is 390 g/mol. The summed E-state index contributed by atoms with van der Waals surface area (Å²) in [5, 5.41) is 19.6. The number of carbonyl (C=O) groups is 2. The number of aryl methyl sites for hydroxylation is 1. The molecule has 0 aliphatic heterocycles. The Bertz CT molecular complexity index is 1010. The van der Waals surface area contributed by atoms with Gasteiger partial charge in [-0.25, -0.2) is 0 Å². The topological polar surface area (TPSA) is 115 Å². The zero-order chi connectivity index (χ0) is 22.4. The van der Waals surface area contributed by atoms with E-state index in [0.29, 0.717) is 23.6 Å². The number of methoxy groups -OCH3 is 1. The van der Waals surface area contributed by atoms with Crippen molar-refractivity contribution in [3.63, 3.8) is 0 Å². The molecule has 30 heavy (non-hydrogen) atoms. The molecule has 0 amide bonds. The van der Waals surface area contributed by atoms with Crippen LogP contribution in [-0.2, 0) is 20.9 Å². The van der Waals surface area contributed by atoms with E-state index in [1.165, 1.54) is 20.1 Å². The predicted molar refractivity (Wildman–Crippen MR) is 110 cm³/mol. The maximum atomic E-state index is 13.0. The number of benzene rings is 1. The Morgan fingerprint density at radius 1 is 1.23 bits per heavy atom. The first-order valence-corrected chi connectivity index (χ1v) is 9.23. The number of rotatable bonds is 9. The molecular formula is C22H25NO7. The lowest BCUT2D eigenvalue weighted by atomic mass is 9.88. The number of nitrogens with zero attached hydrogens (tertiary/aromatic N) is 1. The molecule has 1 atom stereocenters. The second-order valence-electron chi connectivity index (χ2n) is 7.02. The molecule has 1 aromatic carbocycles. The highest BCUT2D eigenvalue weighted by Crippen LogP contribution is 2.33. The Labute approximate surface area is 174 Å². The van der Waals surface area contributed by atoms with Gasteiger partial charge in [-0.2, -0.15) is 0 Å². The van der Waals surface area contributed by atoms with Crippen molar-refractivity contribution in [1.82, 2.24) is 4.57 Å². The van der Waals surface area contributed by atoms with Gasteiger partial charge in [0.05, 0.1) is 19.1 Å². The third kappa shape index (κ3) is 5.50. The van der Waals surface area contributed by atoms with Crippen LogP contribution in [-0.4, -0.2) is 40.4 Å². The van der Waals surface area contributed by atoms with E-state index >= 15 is 0 Å². The number of pyridine rings is 1. The number of hydrogen-bond acceptors (Lipinski definition) is 6. The lowest BCUT2D eigenvalue weighted by Crippen LogP contribution is -2.30. The van der Waals surface area contributed by atoms with Crippen molar-refractivity contribution in [2.75, 3.05) is 13.7 Å². The van der Waals surface area contributed by atoms with Crippen LogP contribution in [0.2, 0.25) is 0 Å². The van der Waals surface area contributed by atoms with E-state index in [0.717, 1.165) is 10.1 Å². The highest BCUT2D eigenvalue weighted by Gasteiger charge is 2.27. The van der Waals surface area contributed by atoms with Crippen LogP contribution in [0.25, 0.3) is 0 Å². The lowest BCUT2D eigenvalue weighted by Gasteiger charge is -2.20. The first-order chi connectivity index (χ1) is 14.1. The van der Waals surface area contributed by atoms with Crippen molar-refractivity contribution in [2.24, 2.45) is 0 Å². The van der Waals surface area contributed by atoms with Crippen molar-refractivity contribution in [1.29, 1.82) is 0 Å². The second kappa shape index (κ2) is 9.78. The fourth-order valence-corrected chi connectivity index (χ4v) is 3.07. The molecule has 2 aromatic rings. The average Bonchev–Trinajstić information content (AvgIpc) is 2.68. The highest BCUT2D eigenvalue weighted by atomic mass is 16.5. The van der Waals surface area contributed by atoms with Crippen molar-refractivity contribution < 1.29 is 29.3 Å². The smallest absolute Gasteiger partial charge is 0.323 e. The zero-order valence-corrected chi connectivity index (χ0v) is 17.2. The van der Waals surface area contributed by atoms with Crippen molar-refractivity contribution in [2.45, 2.75) is 32.7 Å². The molecule has 1 heterocycles. The number of aromatic nitrogens is 1. The van der Waals surface area contributed by atoms with E-state index in [9.17, 15) is 19.5 Å². The summed E-state index contributed by atoms with van der Waals surface area (Å²) in [5.74, 6) is -2.33. The molecule has 2 rings (SSSR count). The van der Waals surface area contributed by atoms with Crippen molar-refractivity contribution in [3.8, 4) is 11.5 Å². The van der Waals surface area contributed by atoms with Crippen LogP contribution < -0.4 is 10.3 Å². The maximum Gasteiger partial charge on any atom is 0.323 e. The van der Waals surface area contributed by atoms with Gasteiger partial charge >= 0.3 is 11.9 Å². The summed E-state index contributed by atoms with van der Waals surface area (Å²) in [6.45, 7) is 6.92. The summed E-state index contributed by atoms with van der Waals surface area (Å²) in [6, 6.07) is 8.05. The van der Waals surface area contributed by atoms with Crippen molar-refractivity contribution >= 4 is 11.9 Å². The fourth-order valence-electron chi connectivity index (χ4n) is 3.07. The Hall–Kier alpha value is -3.55. The molecule has 0 spiro atoms. The number of ether oxygens (including phenoxy) is 2. The van der Waals surface area contributed by atoms with Gasteiger partial charge in [0.2, 0.25) is 0 Å². The van der Waals surface area contributed by atoms with Gasteiger partial charge in [0.25, 0.3) is 5.56 Å². The zero-order valence-electron chi connectivity index (χ0n) is 17.2. The summed E-state index contributed by atoms with van der Waals surface area (Å²) < 4.78 is 11.4. The largest absolute Gasteiger partial charge is 0.507 e. The first kappa shape index (κ1) is 22.7. The number of carboxylic acids is 1. The monoisotopic (exact) mass is 415 g/mol. The number of aromatic hydroxyl groups is 1.